The van der Waals surface area contributed by atoms with E-state index in [4.69, 9.17) is 16.6 Å². The minimum atomic E-state index is 0.271. The first kappa shape index (κ1) is 15.9. The van der Waals surface area contributed by atoms with E-state index >= 15 is 0 Å². The molecule has 1 saturated heterocycles. The Bertz CT molecular complexity index is 457. The summed E-state index contributed by atoms with van der Waals surface area (Å²) in [7, 11) is 2.22. The highest BCUT2D eigenvalue weighted by Gasteiger charge is 2.27. The van der Waals surface area contributed by atoms with Gasteiger partial charge in [-0.25, -0.2) is 0 Å². The summed E-state index contributed by atoms with van der Waals surface area (Å²) in [5, 5.41) is 12.5. The molecular formula is C15H28N5O+. The van der Waals surface area contributed by atoms with Crippen LogP contribution in [0.4, 0.5) is 17.1 Å². The van der Waals surface area contributed by atoms with Gasteiger partial charge in [0.05, 0.1) is 38.1 Å². The Morgan fingerprint density at radius 1 is 1.29 bits per heavy atom. The molecule has 6 heteroatoms. The van der Waals surface area contributed by atoms with Crippen molar-refractivity contribution < 1.29 is 9.59 Å². The van der Waals surface area contributed by atoms with Gasteiger partial charge in [0.2, 0.25) is 0 Å². The van der Waals surface area contributed by atoms with Crippen LogP contribution in [0, 0.1) is 0 Å². The average Bonchev–Trinajstić information content (AvgIpc) is 2.45. The number of benzene rings is 1. The van der Waals surface area contributed by atoms with Crippen LogP contribution in [-0.2, 0) is 0 Å². The molecule has 0 atom stereocenters. The molecule has 1 aromatic rings. The van der Waals surface area contributed by atoms with E-state index in [9.17, 15) is 0 Å². The molecule has 1 aliphatic rings. The molecule has 1 heterocycles. The number of rotatable bonds is 6. The van der Waals surface area contributed by atoms with Crippen LogP contribution in [0.3, 0.4) is 0 Å². The number of hydrogen-bond acceptors (Lipinski definition) is 5. The second-order valence-corrected chi connectivity index (χ2v) is 6.13. The Hall–Kier alpha value is -1.50. The van der Waals surface area contributed by atoms with Gasteiger partial charge in [0, 0.05) is 31.9 Å². The van der Waals surface area contributed by atoms with Crippen molar-refractivity contribution in [1.82, 2.24) is 4.90 Å². The van der Waals surface area contributed by atoms with Gasteiger partial charge in [-0.05, 0) is 18.2 Å². The van der Waals surface area contributed by atoms with Crippen LogP contribution in [0.1, 0.15) is 0 Å². The second-order valence-electron chi connectivity index (χ2n) is 6.13. The first-order chi connectivity index (χ1) is 10.0. The Morgan fingerprint density at radius 3 is 2.67 bits per heavy atom. The normalized spacial score (nSPS) is 18.6. The molecule has 1 aliphatic heterocycles. The number of nitrogens with two attached hydrogens (primary N) is 2. The predicted octanol–water partition coefficient (Wildman–Crippen LogP) is 0.0174. The Balaban J connectivity index is 1.74. The summed E-state index contributed by atoms with van der Waals surface area (Å²) in [5.41, 5.74) is 14.1. The third kappa shape index (κ3) is 4.49. The van der Waals surface area contributed by atoms with Gasteiger partial charge >= 0.3 is 0 Å². The number of nitrogen functional groups attached to an aromatic ring is 2. The fourth-order valence-electron chi connectivity index (χ4n) is 2.75. The van der Waals surface area contributed by atoms with Crippen LogP contribution in [-0.4, -0.2) is 74.0 Å². The summed E-state index contributed by atoms with van der Waals surface area (Å²) in [6.07, 6.45) is 0. The highest BCUT2D eigenvalue weighted by atomic mass is 16.3. The summed E-state index contributed by atoms with van der Waals surface area (Å²) < 4.78 is 0.975. The molecule has 0 unspecified atom stereocenters. The number of nitrogens with one attached hydrogen (secondary N) is 1. The molecule has 6 N–H and O–H groups in total. The number of quaternary nitrogens is 1. The highest BCUT2D eigenvalue weighted by molar-refractivity contribution is 5.70. The molecule has 1 aromatic carbocycles. The van der Waals surface area contributed by atoms with E-state index in [2.05, 4.69) is 17.3 Å². The fourth-order valence-corrected chi connectivity index (χ4v) is 2.75. The summed E-state index contributed by atoms with van der Waals surface area (Å²) >= 11 is 0. The van der Waals surface area contributed by atoms with Crippen molar-refractivity contribution in [3.8, 4) is 0 Å². The van der Waals surface area contributed by atoms with Gasteiger partial charge in [0.15, 0.2) is 0 Å². The smallest absolute Gasteiger partial charge is 0.102 e. The zero-order valence-corrected chi connectivity index (χ0v) is 12.9. The van der Waals surface area contributed by atoms with Crippen molar-refractivity contribution in [1.29, 1.82) is 0 Å². The fraction of sp³-hybridized carbons (Fsp3) is 0.600. The van der Waals surface area contributed by atoms with Gasteiger partial charge in [-0.2, -0.15) is 0 Å². The van der Waals surface area contributed by atoms with Gasteiger partial charge in [0.25, 0.3) is 0 Å². The lowest BCUT2D eigenvalue weighted by Gasteiger charge is -2.41. The van der Waals surface area contributed by atoms with E-state index in [1.54, 1.807) is 0 Å². The average molecular weight is 294 g/mol. The number of aliphatic hydroxyl groups is 1. The van der Waals surface area contributed by atoms with Crippen LogP contribution in [0.15, 0.2) is 18.2 Å². The lowest BCUT2D eigenvalue weighted by atomic mass is 10.2. The minimum absolute atomic E-state index is 0.271. The molecule has 0 spiro atoms. The molecule has 6 nitrogen and oxygen atoms in total. The van der Waals surface area contributed by atoms with Crippen molar-refractivity contribution in [3.63, 3.8) is 0 Å². The molecule has 0 radical (unpaired) electrons. The van der Waals surface area contributed by atoms with Gasteiger partial charge in [-0.3, -0.25) is 4.90 Å². The molecule has 1 fully saturated rings. The number of nitrogens with zero attached hydrogens (tertiary/aromatic N) is 2. The van der Waals surface area contributed by atoms with E-state index < -0.39 is 0 Å². The maximum Gasteiger partial charge on any atom is 0.102 e. The minimum Gasteiger partial charge on any atom is -0.399 e. The van der Waals surface area contributed by atoms with Crippen molar-refractivity contribution >= 4 is 17.1 Å². The SMILES string of the molecule is C[N+]1(CCO)CCN(CCNc2cc(N)ccc2N)CC1. The monoisotopic (exact) mass is 294 g/mol. The van der Waals surface area contributed by atoms with Crippen molar-refractivity contribution in [2.45, 2.75) is 0 Å². The third-order valence-electron chi connectivity index (χ3n) is 4.37. The molecule has 2 rings (SSSR count). The number of likely N-dealkylation sites (N-methyl/N-ethyl adjacent to an activating group) is 1. The van der Waals surface area contributed by atoms with Gasteiger partial charge in [-0.1, -0.05) is 0 Å². The van der Waals surface area contributed by atoms with E-state index in [1.165, 1.54) is 0 Å². The summed E-state index contributed by atoms with van der Waals surface area (Å²) in [6, 6.07) is 5.52. The van der Waals surface area contributed by atoms with E-state index in [-0.39, 0.29) is 6.61 Å². The lowest BCUT2D eigenvalue weighted by molar-refractivity contribution is -0.913. The molecule has 0 saturated carbocycles. The maximum absolute atomic E-state index is 9.10. The molecule has 118 valence electrons. The molecule has 0 aliphatic carbocycles. The zero-order chi connectivity index (χ0) is 15.3. The number of hydrogen-bond donors (Lipinski definition) is 4. The Labute approximate surface area is 126 Å². The second kappa shape index (κ2) is 6.98. The largest absolute Gasteiger partial charge is 0.399 e. The molecule has 21 heavy (non-hydrogen) atoms. The Morgan fingerprint density at radius 2 is 2.00 bits per heavy atom. The third-order valence-corrected chi connectivity index (χ3v) is 4.37. The van der Waals surface area contributed by atoms with Crippen LogP contribution in [0.2, 0.25) is 0 Å². The number of aliphatic hydroxyl groups excluding tert-OH is 1. The van der Waals surface area contributed by atoms with Crippen LogP contribution >= 0.6 is 0 Å². The topological polar surface area (TPSA) is 87.5 Å². The Kier molecular flexibility index (Phi) is 5.27. The highest BCUT2D eigenvalue weighted by Crippen LogP contribution is 2.20. The summed E-state index contributed by atoms with van der Waals surface area (Å²) in [6.45, 7) is 7.32. The lowest BCUT2D eigenvalue weighted by Crippen LogP contribution is -2.58. The van der Waals surface area contributed by atoms with Gasteiger partial charge in [0.1, 0.15) is 6.54 Å². The first-order valence-corrected chi connectivity index (χ1v) is 7.58. The van der Waals surface area contributed by atoms with Gasteiger partial charge in [-0.15, -0.1) is 0 Å². The van der Waals surface area contributed by atoms with Crippen LogP contribution < -0.4 is 16.8 Å². The molecular weight excluding hydrogens is 266 g/mol. The van der Waals surface area contributed by atoms with Crippen molar-refractivity contribution in [3.05, 3.63) is 18.2 Å². The summed E-state index contributed by atoms with van der Waals surface area (Å²) in [4.78, 5) is 2.45. The number of piperazine rings is 1. The van der Waals surface area contributed by atoms with Crippen molar-refractivity contribution in [2.75, 3.05) is 76.3 Å². The molecule has 0 amide bonds. The quantitative estimate of drug-likeness (QED) is 0.439. The van der Waals surface area contributed by atoms with E-state index in [0.717, 1.165) is 67.4 Å². The number of anilines is 3. The molecule has 0 aromatic heterocycles. The molecule has 0 bridgehead atoms. The van der Waals surface area contributed by atoms with Gasteiger partial charge < -0.3 is 26.4 Å². The standard InChI is InChI=1S/C15H28N5O/c1-20(10-11-21)8-6-19(7-9-20)5-4-18-15-12-13(16)2-3-14(15)17/h2-3,12,18,21H,4-11,16-17H2,1H3/q+1. The zero-order valence-electron chi connectivity index (χ0n) is 12.9. The van der Waals surface area contributed by atoms with E-state index in [0.29, 0.717) is 0 Å². The van der Waals surface area contributed by atoms with Crippen LogP contribution in [0.25, 0.3) is 0 Å². The van der Waals surface area contributed by atoms with E-state index in [1.807, 2.05) is 18.2 Å². The predicted molar refractivity (Wildman–Crippen MR) is 88.1 cm³/mol. The van der Waals surface area contributed by atoms with Crippen LogP contribution in [0.5, 0.6) is 0 Å². The van der Waals surface area contributed by atoms with Crippen molar-refractivity contribution in [2.24, 2.45) is 0 Å². The first-order valence-electron chi connectivity index (χ1n) is 7.58. The summed E-state index contributed by atoms with van der Waals surface area (Å²) in [5.74, 6) is 0. The maximum atomic E-state index is 9.10.